The molecule has 1 N–H and O–H groups in total. The van der Waals surface area contributed by atoms with Crippen LogP contribution in [-0.4, -0.2) is 18.1 Å². The SMILES string of the molecule is COC(=O)CCc1ccc2[nH]cc(C#N)c2c1. The Balaban J connectivity index is 2.25. The minimum Gasteiger partial charge on any atom is -0.469 e. The van der Waals surface area contributed by atoms with Gasteiger partial charge in [-0.1, -0.05) is 6.07 Å². The van der Waals surface area contributed by atoms with E-state index in [4.69, 9.17) is 5.26 Å². The lowest BCUT2D eigenvalue weighted by molar-refractivity contribution is -0.140. The van der Waals surface area contributed by atoms with Crippen molar-refractivity contribution in [3.05, 3.63) is 35.5 Å². The number of hydrogen-bond donors (Lipinski definition) is 1. The Kier molecular flexibility index (Phi) is 3.10. The van der Waals surface area contributed by atoms with Gasteiger partial charge < -0.3 is 9.72 Å². The summed E-state index contributed by atoms with van der Waals surface area (Å²) in [5, 5.41) is 9.83. The van der Waals surface area contributed by atoms with Crippen molar-refractivity contribution in [1.82, 2.24) is 4.98 Å². The highest BCUT2D eigenvalue weighted by Gasteiger charge is 2.05. The topological polar surface area (TPSA) is 65.9 Å². The second-order valence-corrected chi connectivity index (χ2v) is 3.77. The molecule has 0 aliphatic carbocycles. The van der Waals surface area contributed by atoms with Gasteiger partial charge in [-0.2, -0.15) is 5.26 Å². The molecule has 0 radical (unpaired) electrons. The highest BCUT2D eigenvalue weighted by Crippen LogP contribution is 2.19. The lowest BCUT2D eigenvalue weighted by Crippen LogP contribution is -2.01. The van der Waals surface area contributed by atoms with Crippen molar-refractivity contribution >= 4 is 16.9 Å². The zero-order chi connectivity index (χ0) is 12.3. The molecule has 0 fully saturated rings. The molecule has 17 heavy (non-hydrogen) atoms. The van der Waals surface area contributed by atoms with E-state index in [2.05, 4.69) is 15.8 Å². The van der Waals surface area contributed by atoms with Crippen LogP contribution in [0.1, 0.15) is 17.5 Å². The van der Waals surface area contributed by atoms with Crippen molar-refractivity contribution < 1.29 is 9.53 Å². The molecule has 0 unspecified atom stereocenters. The molecule has 0 spiro atoms. The van der Waals surface area contributed by atoms with Gasteiger partial charge in [-0.3, -0.25) is 4.79 Å². The molecule has 0 bridgehead atoms. The lowest BCUT2D eigenvalue weighted by Gasteiger charge is -2.01. The Labute approximate surface area is 98.8 Å². The van der Waals surface area contributed by atoms with E-state index in [1.165, 1.54) is 7.11 Å². The number of hydrogen-bond acceptors (Lipinski definition) is 3. The standard InChI is InChI=1S/C13H12N2O2/c1-17-13(16)5-3-9-2-4-12-11(6-9)10(7-14)8-15-12/h2,4,6,8,15H,3,5H2,1H3. The molecule has 2 rings (SSSR count). The minimum atomic E-state index is -0.223. The average Bonchev–Trinajstić information content (AvgIpc) is 2.78. The van der Waals surface area contributed by atoms with Crippen molar-refractivity contribution in [3.8, 4) is 6.07 Å². The largest absolute Gasteiger partial charge is 0.469 e. The summed E-state index contributed by atoms with van der Waals surface area (Å²) in [6, 6.07) is 7.93. The molecule has 1 aromatic heterocycles. The predicted molar refractivity (Wildman–Crippen MR) is 63.4 cm³/mol. The third kappa shape index (κ3) is 2.28. The number of aromatic nitrogens is 1. The molecule has 0 atom stereocenters. The molecule has 1 aromatic carbocycles. The van der Waals surface area contributed by atoms with Crippen LogP contribution in [0.4, 0.5) is 0 Å². The van der Waals surface area contributed by atoms with Crippen molar-refractivity contribution in [2.45, 2.75) is 12.8 Å². The Morgan fingerprint density at radius 1 is 1.53 bits per heavy atom. The summed E-state index contributed by atoms with van der Waals surface area (Å²) < 4.78 is 4.59. The summed E-state index contributed by atoms with van der Waals surface area (Å²) in [7, 11) is 1.38. The fraction of sp³-hybridized carbons (Fsp3) is 0.231. The quantitative estimate of drug-likeness (QED) is 0.818. The number of nitriles is 1. The number of fused-ring (bicyclic) bond motifs is 1. The van der Waals surface area contributed by atoms with Gasteiger partial charge in [-0.25, -0.2) is 0 Å². The smallest absolute Gasteiger partial charge is 0.305 e. The number of benzene rings is 1. The molecular formula is C13H12N2O2. The molecule has 0 saturated carbocycles. The lowest BCUT2D eigenvalue weighted by atomic mass is 10.1. The number of methoxy groups -OCH3 is 1. The van der Waals surface area contributed by atoms with Crippen LogP contribution in [0, 0.1) is 11.3 Å². The molecule has 86 valence electrons. The Hall–Kier alpha value is -2.28. The normalized spacial score (nSPS) is 10.1. The van der Waals surface area contributed by atoms with E-state index in [0.717, 1.165) is 16.5 Å². The van der Waals surface area contributed by atoms with E-state index in [9.17, 15) is 4.79 Å². The summed E-state index contributed by atoms with van der Waals surface area (Å²) in [5.74, 6) is -0.223. The van der Waals surface area contributed by atoms with Gasteiger partial charge in [-0.05, 0) is 24.1 Å². The Morgan fingerprint density at radius 2 is 2.35 bits per heavy atom. The van der Waals surface area contributed by atoms with Crippen LogP contribution in [0.25, 0.3) is 10.9 Å². The van der Waals surface area contributed by atoms with Crippen LogP contribution in [0.2, 0.25) is 0 Å². The summed E-state index contributed by atoms with van der Waals surface area (Å²) in [4.78, 5) is 14.1. The van der Waals surface area contributed by atoms with Crippen molar-refractivity contribution in [3.63, 3.8) is 0 Å². The number of ether oxygens (including phenoxy) is 1. The van der Waals surface area contributed by atoms with Gasteiger partial charge in [0.25, 0.3) is 0 Å². The first-order valence-electron chi connectivity index (χ1n) is 5.31. The first-order chi connectivity index (χ1) is 8.24. The third-order valence-electron chi connectivity index (χ3n) is 2.71. The van der Waals surface area contributed by atoms with Crippen molar-refractivity contribution in [2.75, 3.05) is 7.11 Å². The highest BCUT2D eigenvalue weighted by atomic mass is 16.5. The van der Waals surface area contributed by atoms with Gasteiger partial charge in [0.1, 0.15) is 6.07 Å². The fourth-order valence-corrected chi connectivity index (χ4v) is 1.76. The van der Waals surface area contributed by atoms with Crippen molar-refractivity contribution in [1.29, 1.82) is 5.26 Å². The van der Waals surface area contributed by atoms with Crippen LogP contribution in [0.15, 0.2) is 24.4 Å². The molecule has 1 heterocycles. The molecule has 4 heteroatoms. The first-order valence-corrected chi connectivity index (χ1v) is 5.31. The van der Waals surface area contributed by atoms with E-state index in [-0.39, 0.29) is 5.97 Å². The number of aromatic amines is 1. The number of carbonyl (C=O) groups is 1. The van der Waals surface area contributed by atoms with Crippen LogP contribution in [0.5, 0.6) is 0 Å². The average molecular weight is 228 g/mol. The molecule has 0 aliphatic rings. The second-order valence-electron chi connectivity index (χ2n) is 3.77. The third-order valence-corrected chi connectivity index (χ3v) is 2.71. The number of nitrogens with one attached hydrogen (secondary N) is 1. The minimum absolute atomic E-state index is 0.223. The summed E-state index contributed by atoms with van der Waals surface area (Å²) in [6.07, 6.45) is 2.67. The molecule has 0 aliphatic heterocycles. The Morgan fingerprint density at radius 3 is 3.06 bits per heavy atom. The van der Waals surface area contributed by atoms with Gasteiger partial charge >= 0.3 is 5.97 Å². The summed E-state index contributed by atoms with van der Waals surface area (Å²) in [6.45, 7) is 0. The van der Waals surface area contributed by atoms with Gasteiger partial charge in [-0.15, -0.1) is 0 Å². The van der Waals surface area contributed by atoms with E-state index in [0.29, 0.717) is 18.4 Å². The van der Waals surface area contributed by atoms with E-state index in [1.54, 1.807) is 6.20 Å². The van der Waals surface area contributed by atoms with Gasteiger partial charge in [0, 0.05) is 23.5 Å². The van der Waals surface area contributed by atoms with Crippen LogP contribution in [0.3, 0.4) is 0 Å². The number of nitrogens with zero attached hydrogens (tertiary/aromatic N) is 1. The number of esters is 1. The summed E-state index contributed by atoms with van der Waals surface area (Å²) in [5.41, 5.74) is 2.59. The number of H-pyrrole nitrogens is 1. The molecule has 4 nitrogen and oxygen atoms in total. The van der Waals surface area contributed by atoms with Crippen LogP contribution in [-0.2, 0) is 16.0 Å². The molecule has 0 saturated heterocycles. The van der Waals surface area contributed by atoms with Crippen LogP contribution >= 0.6 is 0 Å². The zero-order valence-corrected chi connectivity index (χ0v) is 9.49. The molecule has 0 amide bonds. The molecule has 2 aromatic rings. The maximum Gasteiger partial charge on any atom is 0.305 e. The number of rotatable bonds is 3. The number of aryl methyl sites for hydroxylation is 1. The van der Waals surface area contributed by atoms with Gasteiger partial charge in [0.2, 0.25) is 0 Å². The van der Waals surface area contributed by atoms with Crippen molar-refractivity contribution in [2.24, 2.45) is 0 Å². The number of carbonyl (C=O) groups excluding carboxylic acids is 1. The van der Waals surface area contributed by atoms with E-state index < -0.39 is 0 Å². The van der Waals surface area contributed by atoms with Crippen LogP contribution < -0.4 is 0 Å². The van der Waals surface area contributed by atoms with E-state index >= 15 is 0 Å². The van der Waals surface area contributed by atoms with Gasteiger partial charge in [0.15, 0.2) is 0 Å². The predicted octanol–water partition coefficient (Wildman–Crippen LogP) is 2.15. The Bertz CT molecular complexity index is 593. The molecular weight excluding hydrogens is 216 g/mol. The maximum atomic E-state index is 11.0. The van der Waals surface area contributed by atoms with E-state index in [1.807, 2.05) is 18.2 Å². The zero-order valence-electron chi connectivity index (χ0n) is 9.49. The summed E-state index contributed by atoms with van der Waals surface area (Å²) >= 11 is 0. The monoisotopic (exact) mass is 228 g/mol. The van der Waals surface area contributed by atoms with Gasteiger partial charge in [0.05, 0.1) is 12.7 Å². The maximum absolute atomic E-state index is 11.0. The highest BCUT2D eigenvalue weighted by molar-refractivity contribution is 5.86. The fourth-order valence-electron chi connectivity index (χ4n) is 1.76. The first kappa shape index (κ1) is 11.2. The second kappa shape index (κ2) is 4.71.